The fraction of sp³-hybridized carbons (Fsp3) is 0.429. The normalized spacial score (nSPS) is 21.2. The van der Waals surface area contributed by atoms with E-state index in [-0.39, 0.29) is 18.0 Å². The first-order valence-corrected chi connectivity index (χ1v) is 6.05. The molecule has 0 aliphatic heterocycles. The van der Waals surface area contributed by atoms with Gasteiger partial charge in [-0.2, -0.15) is 0 Å². The summed E-state index contributed by atoms with van der Waals surface area (Å²) in [6, 6.07) is 4.77. The van der Waals surface area contributed by atoms with Crippen molar-refractivity contribution in [2.75, 3.05) is 0 Å². The molecule has 0 saturated heterocycles. The summed E-state index contributed by atoms with van der Waals surface area (Å²) < 4.78 is 19.4. The number of nitrogens with two attached hydrogens (primary N) is 1. The van der Waals surface area contributed by atoms with E-state index in [2.05, 4.69) is 6.08 Å². The molecule has 17 heavy (non-hydrogen) atoms. The Morgan fingerprint density at radius 1 is 1.47 bits per heavy atom. The van der Waals surface area contributed by atoms with Gasteiger partial charge in [0, 0.05) is 6.04 Å². The van der Waals surface area contributed by atoms with Gasteiger partial charge in [0.15, 0.2) is 11.6 Å². The van der Waals surface area contributed by atoms with E-state index in [0.29, 0.717) is 5.75 Å². The summed E-state index contributed by atoms with van der Waals surface area (Å²) >= 11 is 0. The second-order valence-corrected chi connectivity index (χ2v) is 4.49. The van der Waals surface area contributed by atoms with E-state index in [1.807, 2.05) is 19.1 Å². The third-order valence-corrected chi connectivity index (χ3v) is 2.97. The maximum absolute atomic E-state index is 13.8. The van der Waals surface area contributed by atoms with Crippen molar-refractivity contribution >= 4 is 0 Å². The van der Waals surface area contributed by atoms with Crippen LogP contribution in [0.2, 0.25) is 0 Å². The number of benzene rings is 1. The molecule has 1 aliphatic rings. The fourth-order valence-corrected chi connectivity index (χ4v) is 1.94. The van der Waals surface area contributed by atoms with Gasteiger partial charge in [-0.3, -0.25) is 0 Å². The second kappa shape index (κ2) is 5.32. The SMILES string of the molecule is C[C@@H](N)c1ccc(OC2C=CCCC2)c(F)c1. The molecule has 0 amide bonds. The van der Waals surface area contributed by atoms with E-state index < -0.39 is 0 Å². The summed E-state index contributed by atoms with van der Waals surface area (Å²) in [5.74, 6) is -0.0234. The summed E-state index contributed by atoms with van der Waals surface area (Å²) in [5.41, 5.74) is 6.48. The van der Waals surface area contributed by atoms with Crippen molar-refractivity contribution in [2.24, 2.45) is 5.73 Å². The largest absolute Gasteiger partial charge is 0.483 e. The van der Waals surface area contributed by atoms with Crippen molar-refractivity contribution < 1.29 is 9.13 Å². The van der Waals surface area contributed by atoms with E-state index in [9.17, 15) is 4.39 Å². The topological polar surface area (TPSA) is 35.2 Å². The second-order valence-electron chi connectivity index (χ2n) is 4.49. The van der Waals surface area contributed by atoms with Crippen LogP contribution in [0.1, 0.15) is 37.8 Å². The zero-order chi connectivity index (χ0) is 12.3. The van der Waals surface area contributed by atoms with Crippen LogP contribution in [0, 0.1) is 5.82 Å². The Morgan fingerprint density at radius 2 is 2.29 bits per heavy atom. The number of hydrogen-bond donors (Lipinski definition) is 1. The van der Waals surface area contributed by atoms with E-state index >= 15 is 0 Å². The van der Waals surface area contributed by atoms with Crippen LogP contribution >= 0.6 is 0 Å². The van der Waals surface area contributed by atoms with Crippen molar-refractivity contribution in [2.45, 2.75) is 38.3 Å². The third-order valence-electron chi connectivity index (χ3n) is 2.97. The van der Waals surface area contributed by atoms with Gasteiger partial charge < -0.3 is 10.5 Å². The number of ether oxygens (including phenoxy) is 1. The van der Waals surface area contributed by atoms with Crippen molar-refractivity contribution in [1.29, 1.82) is 0 Å². The van der Waals surface area contributed by atoms with Gasteiger partial charge in [-0.1, -0.05) is 12.1 Å². The Labute approximate surface area is 101 Å². The lowest BCUT2D eigenvalue weighted by atomic mass is 10.1. The van der Waals surface area contributed by atoms with E-state index in [1.54, 1.807) is 6.07 Å². The van der Waals surface area contributed by atoms with Crippen molar-refractivity contribution in [3.8, 4) is 5.75 Å². The number of hydrogen-bond acceptors (Lipinski definition) is 2. The lowest BCUT2D eigenvalue weighted by molar-refractivity contribution is 0.220. The summed E-state index contributed by atoms with van der Waals surface area (Å²) in [5, 5.41) is 0. The predicted molar refractivity (Wildman–Crippen MR) is 66.4 cm³/mol. The molecule has 0 spiro atoms. The van der Waals surface area contributed by atoms with Gasteiger partial charge in [-0.05, 0) is 50.0 Å². The van der Waals surface area contributed by atoms with E-state index in [1.165, 1.54) is 6.07 Å². The molecule has 1 aromatic carbocycles. The van der Waals surface area contributed by atoms with Crippen molar-refractivity contribution in [3.63, 3.8) is 0 Å². The Bertz CT molecular complexity index is 415. The number of rotatable bonds is 3. The zero-order valence-corrected chi connectivity index (χ0v) is 10.0. The quantitative estimate of drug-likeness (QED) is 0.815. The molecule has 0 heterocycles. The van der Waals surface area contributed by atoms with Crippen LogP contribution in [-0.4, -0.2) is 6.10 Å². The molecule has 2 N–H and O–H groups in total. The van der Waals surface area contributed by atoms with E-state index in [0.717, 1.165) is 24.8 Å². The molecule has 0 bridgehead atoms. The van der Waals surface area contributed by atoms with Gasteiger partial charge >= 0.3 is 0 Å². The Kier molecular flexibility index (Phi) is 3.79. The van der Waals surface area contributed by atoms with Crippen LogP contribution in [0.3, 0.4) is 0 Å². The minimum atomic E-state index is -0.334. The highest BCUT2D eigenvalue weighted by atomic mass is 19.1. The summed E-state index contributed by atoms with van der Waals surface area (Å²) in [7, 11) is 0. The minimum Gasteiger partial charge on any atom is -0.483 e. The molecule has 92 valence electrons. The Morgan fingerprint density at radius 3 is 2.88 bits per heavy atom. The van der Waals surface area contributed by atoms with Gasteiger partial charge in [0.2, 0.25) is 0 Å². The third kappa shape index (κ3) is 3.07. The van der Waals surface area contributed by atoms with Crippen LogP contribution in [0.15, 0.2) is 30.4 Å². The number of allylic oxidation sites excluding steroid dienone is 1. The van der Waals surface area contributed by atoms with Gasteiger partial charge in [0.1, 0.15) is 6.10 Å². The van der Waals surface area contributed by atoms with Crippen molar-refractivity contribution in [3.05, 3.63) is 41.7 Å². The van der Waals surface area contributed by atoms with Crippen LogP contribution in [0.5, 0.6) is 5.75 Å². The molecular formula is C14H18FNO. The first kappa shape index (κ1) is 12.1. The average Bonchev–Trinajstić information content (AvgIpc) is 2.33. The highest BCUT2D eigenvalue weighted by molar-refractivity contribution is 5.31. The molecule has 0 radical (unpaired) electrons. The summed E-state index contributed by atoms with van der Waals surface area (Å²) in [6.07, 6.45) is 7.22. The summed E-state index contributed by atoms with van der Waals surface area (Å²) in [6.45, 7) is 1.83. The summed E-state index contributed by atoms with van der Waals surface area (Å²) in [4.78, 5) is 0. The molecule has 0 aromatic heterocycles. The maximum Gasteiger partial charge on any atom is 0.165 e. The molecular weight excluding hydrogens is 217 g/mol. The van der Waals surface area contributed by atoms with E-state index in [4.69, 9.17) is 10.5 Å². The molecule has 2 rings (SSSR count). The van der Waals surface area contributed by atoms with Crippen LogP contribution in [0.25, 0.3) is 0 Å². The minimum absolute atomic E-state index is 0.000556. The Balaban J connectivity index is 2.10. The first-order chi connectivity index (χ1) is 8.16. The Hall–Kier alpha value is -1.35. The van der Waals surface area contributed by atoms with Gasteiger partial charge in [-0.25, -0.2) is 4.39 Å². The standard InChI is InChI=1S/C14H18FNO/c1-10(16)11-7-8-14(13(15)9-11)17-12-5-3-2-4-6-12/h3,5,7-10,12H,2,4,6,16H2,1H3/t10-,12?/m1/s1. The fourth-order valence-electron chi connectivity index (χ4n) is 1.94. The predicted octanol–water partition coefficient (Wildman–Crippen LogP) is 3.33. The highest BCUT2D eigenvalue weighted by Gasteiger charge is 2.13. The molecule has 2 atom stereocenters. The lowest BCUT2D eigenvalue weighted by Gasteiger charge is -2.19. The molecule has 3 heteroatoms. The average molecular weight is 235 g/mol. The zero-order valence-electron chi connectivity index (χ0n) is 10.0. The monoisotopic (exact) mass is 235 g/mol. The molecule has 0 fully saturated rings. The molecule has 0 saturated carbocycles. The van der Waals surface area contributed by atoms with Crippen molar-refractivity contribution in [1.82, 2.24) is 0 Å². The van der Waals surface area contributed by atoms with Gasteiger partial charge in [-0.15, -0.1) is 0 Å². The van der Waals surface area contributed by atoms with Crippen LogP contribution in [0.4, 0.5) is 4.39 Å². The molecule has 1 aromatic rings. The molecule has 2 nitrogen and oxygen atoms in total. The van der Waals surface area contributed by atoms with Gasteiger partial charge in [0.05, 0.1) is 0 Å². The number of halogens is 1. The smallest absolute Gasteiger partial charge is 0.165 e. The molecule has 1 aliphatic carbocycles. The lowest BCUT2D eigenvalue weighted by Crippen LogP contribution is -2.16. The van der Waals surface area contributed by atoms with Crippen LogP contribution < -0.4 is 10.5 Å². The molecule has 1 unspecified atom stereocenters. The van der Waals surface area contributed by atoms with Gasteiger partial charge in [0.25, 0.3) is 0 Å². The van der Waals surface area contributed by atoms with Crippen LogP contribution in [-0.2, 0) is 0 Å². The maximum atomic E-state index is 13.8. The first-order valence-electron chi connectivity index (χ1n) is 6.05. The highest BCUT2D eigenvalue weighted by Crippen LogP contribution is 2.24.